The summed E-state index contributed by atoms with van der Waals surface area (Å²) >= 11 is 0. The van der Waals surface area contributed by atoms with E-state index in [4.69, 9.17) is 10.9 Å². The Morgan fingerprint density at radius 1 is 1.19 bits per heavy atom. The topological polar surface area (TPSA) is 153 Å². The van der Waals surface area contributed by atoms with Crippen LogP contribution in [0.4, 0.5) is 23.3 Å². The number of nitrogens with zero attached hydrogens (tertiary/aromatic N) is 3. The fourth-order valence-electron chi connectivity index (χ4n) is 3.88. The number of benzene rings is 2. The van der Waals surface area contributed by atoms with Crippen LogP contribution in [0.2, 0.25) is 0 Å². The molecule has 10 nitrogen and oxygen atoms in total. The van der Waals surface area contributed by atoms with Crippen molar-refractivity contribution in [3.63, 3.8) is 0 Å². The normalized spacial score (nSPS) is 16.4. The molecule has 1 aliphatic heterocycles. The second kappa shape index (κ2) is 8.77. The summed E-state index contributed by atoms with van der Waals surface area (Å²) in [7, 11) is -3.75. The number of sulfonamides is 1. The van der Waals surface area contributed by atoms with Gasteiger partial charge in [-0.25, -0.2) is 13.6 Å². The van der Waals surface area contributed by atoms with Crippen LogP contribution in [0, 0.1) is 0 Å². The van der Waals surface area contributed by atoms with E-state index in [1.54, 1.807) is 16.8 Å². The second-order valence-electron chi connectivity index (χ2n) is 8.13. The minimum atomic E-state index is -3.75. The molecule has 1 fully saturated rings. The van der Waals surface area contributed by atoms with Crippen molar-refractivity contribution in [2.75, 3.05) is 29.5 Å². The molecule has 0 amide bonds. The molecule has 3 aromatic rings. The molecule has 0 unspecified atom stereocenters. The molecule has 0 spiro atoms. The summed E-state index contributed by atoms with van der Waals surface area (Å²) in [6, 6.07) is 12.4. The molecule has 11 heteroatoms. The van der Waals surface area contributed by atoms with Crippen LogP contribution in [0.15, 0.2) is 47.4 Å². The molecule has 1 atom stereocenters. The Kier molecular flexibility index (Phi) is 6.04. The second-order valence-corrected chi connectivity index (χ2v) is 9.69. The maximum Gasteiger partial charge on any atom is 0.248 e. The van der Waals surface area contributed by atoms with Crippen LogP contribution < -0.4 is 26.8 Å². The predicted molar refractivity (Wildman–Crippen MR) is 126 cm³/mol. The van der Waals surface area contributed by atoms with Crippen molar-refractivity contribution >= 4 is 33.3 Å². The van der Waals surface area contributed by atoms with Gasteiger partial charge in [-0.2, -0.15) is 9.67 Å². The zero-order valence-corrected chi connectivity index (χ0v) is 18.9. The maximum atomic E-state index is 11.4. The summed E-state index contributed by atoms with van der Waals surface area (Å²) in [5.74, 6) is 0.781. The minimum absolute atomic E-state index is 0.0319. The lowest BCUT2D eigenvalue weighted by Crippen LogP contribution is -2.23. The Labute approximate surface area is 187 Å². The summed E-state index contributed by atoms with van der Waals surface area (Å²) in [6.07, 6.45) is 1.07. The smallest absolute Gasteiger partial charge is 0.248 e. The number of hydrogen-bond acceptors (Lipinski definition) is 8. The van der Waals surface area contributed by atoms with Crippen molar-refractivity contribution in [1.29, 1.82) is 0 Å². The minimum Gasteiger partial charge on any atom is -0.381 e. The third-order valence-electron chi connectivity index (χ3n) is 5.38. The largest absolute Gasteiger partial charge is 0.381 e. The zero-order chi connectivity index (χ0) is 22.9. The molecule has 1 aromatic heterocycles. The van der Waals surface area contributed by atoms with Crippen molar-refractivity contribution in [3.05, 3.63) is 48.0 Å². The highest BCUT2D eigenvalue weighted by Gasteiger charge is 2.21. The Hall–Kier alpha value is -3.15. The number of hydrogen-bond donors (Lipinski definition) is 5. The average Bonchev–Trinajstić information content (AvgIpc) is 3.37. The van der Waals surface area contributed by atoms with Crippen molar-refractivity contribution < 1.29 is 8.42 Å². The Balaban J connectivity index is 1.63. The van der Waals surface area contributed by atoms with Crippen LogP contribution in [-0.2, 0) is 10.0 Å². The molecule has 1 aliphatic rings. The van der Waals surface area contributed by atoms with Crippen LogP contribution in [0.3, 0.4) is 0 Å². The number of anilines is 4. The highest BCUT2D eigenvalue weighted by Crippen LogP contribution is 2.32. The van der Waals surface area contributed by atoms with Crippen LogP contribution in [0.5, 0.6) is 0 Å². The number of nitrogen functional groups attached to an aromatic ring is 1. The molecule has 1 saturated heterocycles. The predicted octanol–water partition coefficient (Wildman–Crippen LogP) is 2.14. The molecule has 170 valence electrons. The summed E-state index contributed by atoms with van der Waals surface area (Å²) in [4.78, 5) is 4.36. The van der Waals surface area contributed by atoms with Gasteiger partial charge in [-0.1, -0.05) is 19.9 Å². The molecule has 0 saturated carbocycles. The molecule has 2 aromatic carbocycles. The molecule has 32 heavy (non-hydrogen) atoms. The fourth-order valence-corrected chi connectivity index (χ4v) is 4.39. The first kappa shape index (κ1) is 22.1. The lowest BCUT2D eigenvalue weighted by Gasteiger charge is -2.21. The fraction of sp³-hybridized carbons (Fsp3) is 0.333. The van der Waals surface area contributed by atoms with Gasteiger partial charge in [0.2, 0.25) is 21.9 Å². The van der Waals surface area contributed by atoms with Gasteiger partial charge in [0.05, 0.1) is 10.6 Å². The summed E-state index contributed by atoms with van der Waals surface area (Å²) in [6.45, 7) is 6.22. The van der Waals surface area contributed by atoms with Gasteiger partial charge in [0.15, 0.2) is 0 Å². The van der Waals surface area contributed by atoms with E-state index >= 15 is 0 Å². The van der Waals surface area contributed by atoms with E-state index in [1.807, 2.05) is 12.1 Å². The van der Waals surface area contributed by atoms with Gasteiger partial charge in [-0.05, 0) is 55.3 Å². The van der Waals surface area contributed by atoms with E-state index in [-0.39, 0.29) is 16.8 Å². The molecular formula is C21H28N8O2S. The lowest BCUT2D eigenvalue weighted by molar-refractivity contribution is 0.598. The Bertz CT molecular complexity index is 1200. The van der Waals surface area contributed by atoms with Gasteiger partial charge in [0.1, 0.15) is 0 Å². The van der Waals surface area contributed by atoms with Gasteiger partial charge >= 0.3 is 0 Å². The highest BCUT2D eigenvalue weighted by molar-refractivity contribution is 7.89. The van der Waals surface area contributed by atoms with E-state index < -0.39 is 10.0 Å². The van der Waals surface area contributed by atoms with E-state index in [1.165, 1.54) is 12.1 Å². The highest BCUT2D eigenvalue weighted by atomic mass is 32.2. The molecule has 0 bridgehead atoms. The van der Waals surface area contributed by atoms with Crippen LogP contribution >= 0.6 is 0 Å². The Morgan fingerprint density at radius 2 is 1.94 bits per heavy atom. The van der Waals surface area contributed by atoms with Crippen LogP contribution in [0.25, 0.3) is 5.69 Å². The molecule has 0 radical (unpaired) electrons. The van der Waals surface area contributed by atoms with Gasteiger partial charge in [0, 0.05) is 29.5 Å². The van der Waals surface area contributed by atoms with Gasteiger partial charge in [-0.15, -0.1) is 5.10 Å². The summed E-state index contributed by atoms with van der Waals surface area (Å²) < 4.78 is 24.5. The summed E-state index contributed by atoms with van der Waals surface area (Å²) in [5.41, 5.74) is 9.86. The number of aromatic nitrogens is 3. The molecule has 4 rings (SSSR count). The summed E-state index contributed by atoms with van der Waals surface area (Å²) in [5, 5.41) is 19.8. The SMILES string of the molecule is CC(C)c1c(N[C@H]2CCNC2)cccc1-n1nc(Nc2ccc(S(N)(=O)=O)cc2)nc1N. The molecular weight excluding hydrogens is 428 g/mol. The number of nitrogens with one attached hydrogen (secondary N) is 3. The third-order valence-corrected chi connectivity index (χ3v) is 6.31. The van der Waals surface area contributed by atoms with Crippen molar-refractivity contribution in [3.8, 4) is 5.69 Å². The maximum absolute atomic E-state index is 11.4. The van der Waals surface area contributed by atoms with E-state index in [0.29, 0.717) is 17.7 Å². The van der Waals surface area contributed by atoms with E-state index in [9.17, 15) is 8.42 Å². The first-order valence-corrected chi connectivity index (χ1v) is 12.0. The number of nitrogens with two attached hydrogens (primary N) is 2. The van der Waals surface area contributed by atoms with Crippen molar-refractivity contribution in [1.82, 2.24) is 20.1 Å². The van der Waals surface area contributed by atoms with Crippen LogP contribution in [-0.4, -0.2) is 42.3 Å². The third kappa shape index (κ3) is 4.69. The van der Waals surface area contributed by atoms with Crippen molar-refractivity contribution in [2.45, 2.75) is 37.1 Å². The van der Waals surface area contributed by atoms with Crippen molar-refractivity contribution in [2.24, 2.45) is 5.14 Å². The average molecular weight is 457 g/mol. The molecule has 0 aliphatic carbocycles. The number of primary sulfonamides is 1. The van der Waals surface area contributed by atoms with Gasteiger partial charge < -0.3 is 21.7 Å². The monoisotopic (exact) mass is 456 g/mol. The standard InChI is InChI=1S/C21H28N8O2S/c1-13(2)19-17(25-15-10-11-24-12-15)4-3-5-18(19)29-20(22)27-21(28-29)26-14-6-8-16(9-7-14)32(23,30)31/h3-9,13,15,24-25H,10-12H2,1-2H3,(H2,23,30,31)(H3,22,26,27,28)/t15-/m0/s1. The lowest BCUT2D eigenvalue weighted by atomic mass is 9.98. The Morgan fingerprint density at radius 3 is 2.56 bits per heavy atom. The van der Waals surface area contributed by atoms with Crippen LogP contribution in [0.1, 0.15) is 31.7 Å². The van der Waals surface area contributed by atoms with Gasteiger partial charge in [-0.3, -0.25) is 0 Å². The number of rotatable bonds is 7. The first-order valence-electron chi connectivity index (χ1n) is 10.5. The quantitative estimate of drug-likeness (QED) is 0.362. The van der Waals surface area contributed by atoms with Gasteiger partial charge in [0.25, 0.3) is 0 Å². The van der Waals surface area contributed by atoms with E-state index in [0.717, 1.165) is 36.4 Å². The first-order chi connectivity index (χ1) is 15.2. The zero-order valence-electron chi connectivity index (χ0n) is 18.0. The van der Waals surface area contributed by atoms with E-state index in [2.05, 4.69) is 45.9 Å². The molecule has 7 N–H and O–H groups in total. The molecule has 2 heterocycles.